The van der Waals surface area contributed by atoms with E-state index in [-0.39, 0.29) is 48.3 Å². The summed E-state index contributed by atoms with van der Waals surface area (Å²) in [6, 6.07) is 2.61. The van der Waals surface area contributed by atoms with Crippen molar-refractivity contribution >= 4 is 36.6 Å². The molecule has 35 heavy (non-hydrogen) atoms. The average Bonchev–Trinajstić information content (AvgIpc) is 2.84. The number of piperidine rings is 1. The minimum atomic E-state index is -0.839. The zero-order valence-corrected chi connectivity index (χ0v) is 22.2. The number of aliphatic hydroxyl groups excluding tert-OH is 1. The molecule has 1 spiro atoms. The predicted molar refractivity (Wildman–Crippen MR) is 139 cm³/mol. The molecule has 0 aromatic carbocycles. The molecule has 4 rings (SSSR count). The third-order valence-corrected chi connectivity index (χ3v) is 7.85. The summed E-state index contributed by atoms with van der Waals surface area (Å²) in [4.78, 5) is 35.5. The molecule has 2 aliphatic heterocycles. The number of amides is 2. The van der Waals surface area contributed by atoms with E-state index < -0.39 is 17.7 Å². The molecule has 1 aromatic heterocycles. The van der Waals surface area contributed by atoms with E-state index in [9.17, 15) is 19.8 Å². The van der Waals surface area contributed by atoms with E-state index in [2.05, 4.69) is 22.1 Å². The molecule has 2 saturated heterocycles. The van der Waals surface area contributed by atoms with Gasteiger partial charge in [0.05, 0.1) is 18.0 Å². The van der Waals surface area contributed by atoms with E-state index in [1.165, 1.54) is 12.6 Å². The van der Waals surface area contributed by atoms with E-state index in [4.69, 9.17) is 0 Å². The molecule has 198 valence electrons. The third kappa shape index (κ3) is 6.40. The second-order valence-electron chi connectivity index (χ2n) is 10.00. The molecular formula is C25H40Cl2N4O4. The van der Waals surface area contributed by atoms with Gasteiger partial charge in [-0.2, -0.15) is 0 Å². The molecule has 1 aliphatic carbocycles. The second kappa shape index (κ2) is 13.1. The van der Waals surface area contributed by atoms with Crippen LogP contribution in [-0.2, 0) is 16.1 Å². The molecule has 1 saturated carbocycles. The summed E-state index contributed by atoms with van der Waals surface area (Å²) in [5, 5.41) is 23.5. The van der Waals surface area contributed by atoms with Crippen molar-refractivity contribution in [3.8, 4) is 5.75 Å². The number of aliphatic hydroxyl groups is 1. The van der Waals surface area contributed by atoms with Gasteiger partial charge in [-0.15, -0.1) is 24.8 Å². The topological polar surface area (TPSA) is 106 Å². The maximum Gasteiger partial charge on any atom is 0.248 e. The van der Waals surface area contributed by atoms with Gasteiger partial charge in [-0.3, -0.25) is 19.5 Å². The van der Waals surface area contributed by atoms with Crippen LogP contribution in [0.5, 0.6) is 5.75 Å². The second-order valence-corrected chi connectivity index (χ2v) is 10.00. The molecule has 3 fully saturated rings. The van der Waals surface area contributed by atoms with Gasteiger partial charge in [0.15, 0.2) is 0 Å². The minimum Gasteiger partial charge on any atom is -0.506 e. The van der Waals surface area contributed by atoms with Crippen LogP contribution in [0.3, 0.4) is 0 Å². The lowest BCUT2D eigenvalue weighted by Gasteiger charge is -2.52. The number of carbonyl (C=O) groups excluding carboxylic acids is 2. The van der Waals surface area contributed by atoms with Gasteiger partial charge in [0.1, 0.15) is 17.3 Å². The SMILES string of the molecule is CCCCN1C(=O)[C@@H]([C@H](O)C2CCCCC2)NC(=O)C12CCN(Cc1ccc(O)cn1)CC2.Cl.Cl. The normalized spacial score (nSPS) is 23.8. The lowest BCUT2D eigenvalue weighted by Crippen LogP contribution is -2.75. The lowest BCUT2D eigenvalue weighted by molar-refractivity contribution is -0.166. The van der Waals surface area contributed by atoms with Gasteiger partial charge >= 0.3 is 0 Å². The van der Waals surface area contributed by atoms with Gasteiger partial charge in [0.2, 0.25) is 11.8 Å². The summed E-state index contributed by atoms with van der Waals surface area (Å²) in [5.41, 5.74) is 0.0277. The van der Waals surface area contributed by atoms with E-state index in [0.717, 1.165) is 44.2 Å². The first-order valence-corrected chi connectivity index (χ1v) is 12.6. The number of nitrogens with zero attached hydrogens (tertiary/aromatic N) is 3. The van der Waals surface area contributed by atoms with Gasteiger partial charge in [-0.25, -0.2) is 0 Å². The van der Waals surface area contributed by atoms with Crippen molar-refractivity contribution in [1.82, 2.24) is 20.1 Å². The van der Waals surface area contributed by atoms with Crippen LogP contribution >= 0.6 is 24.8 Å². The molecule has 10 heteroatoms. The van der Waals surface area contributed by atoms with Gasteiger partial charge in [-0.05, 0) is 50.2 Å². The number of unbranched alkanes of at least 4 members (excludes halogenated alkanes) is 1. The highest BCUT2D eigenvalue weighted by atomic mass is 35.5. The van der Waals surface area contributed by atoms with Crippen molar-refractivity contribution in [1.29, 1.82) is 0 Å². The van der Waals surface area contributed by atoms with E-state index in [1.807, 2.05) is 4.90 Å². The molecule has 3 aliphatic rings. The summed E-state index contributed by atoms with van der Waals surface area (Å²) in [6.45, 7) is 4.65. The quantitative estimate of drug-likeness (QED) is 0.500. The Kier molecular flexibility index (Phi) is 11.1. The molecule has 3 heterocycles. The summed E-state index contributed by atoms with van der Waals surface area (Å²) in [7, 11) is 0. The van der Waals surface area contributed by atoms with Crippen molar-refractivity contribution in [2.24, 2.45) is 5.92 Å². The number of rotatable bonds is 7. The number of hydrogen-bond donors (Lipinski definition) is 3. The molecule has 0 bridgehead atoms. The number of hydrogen-bond acceptors (Lipinski definition) is 6. The highest BCUT2D eigenvalue weighted by Gasteiger charge is 2.55. The van der Waals surface area contributed by atoms with Crippen LogP contribution < -0.4 is 5.32 Å². The Morgan fingerprint density at radius 1 is 1.14 bits per heavy atom. The number of piperazine rings is 1. The summed E-state index contributed by atoms with van der Waals surface area (Å²) in [5.74, 6) is -0.00440. The van der Waals surface area contributed by atoms with Crippen molar-refractivity contribution in [2.45, 2.75) is 88.9 Å². The maximum atomic E-state index is 13.6. The van der Waals surface area contributed by atoms with Crippen molar-refractivity contribution in [2.75, 3.05) is 19.6 Å². The van der Waals surface area contributed by atoms with Gasteiger partial charge in [0.25, 0.3) is 0 Å². The first kappa shape index (κ1) is 29.6. The van der Waals surface area contributed by atoms with Crippen LogP contribution in [0.1, 0.15) is 70.4 Å². The number of pyridine rings is 1. The lowest BCUT2D eigenvalue weighted by atomic mass is 9.78. The highest BCUT2D eigenvalue weighted by Crippen LogP contribution is 2.36. The van der Waals surface area contributed by atoms with Crippen molar-refractivity contribution in [3.63, 3.8) is 0 Å². The maximum absolute atomic E-state index is 13.6. The number of nitrogens with one attached hydrogen (secondary N) is 1. The fraction of sp³-hybridized carbons (Fsp3) is 0.720. The van der Waals surface area contributed by atoms with Gasteiger partial charge in [-0.1, -0.05) is 32.6 Å². The Bertz CT molecular complexity index is 827. The zero-order valence-electron chi connectivity index (χ0n) is 20.5. The molecule has 2 atom stereocenters. The van der Waals surface area contributed by atoms with E-state index >= 15 is 0 Å². The Morgan fingerprint density at radius 2 is 1.83 bits per heavy atom. The largest absolute Gasteiger partial charge is 0.506 e. The minimum absolute atomic E-state index is 0. The van der Waals surface area contributed by atoms with Crippen LogP contribution in [0.25, 0.3) is 0 Å². The third-order valence-electron chi connectivity index (χ3n) is 7.85. The predicted octanol–water partition coefficient (Wildman–Crippen LogP) is 3.03. The monoisotopic (exact) mass is 530 g/mol. The van der Waals surface area contributed by atoms with Crippen LogP contribution in [0, 0.1) is 5.92 Å². The standard InChI is InChI=1S/C25H38N4O4.2ClH/c1-2-3-13-29-23(32)21(22(31)18-7-5-4-6-8-18)27-24(33)25(29)11-14-28(15-12-25)17-19-9-10-20(30)16-26-19;;/h9-10,16,18,21-22,30-31H,2-8,11-15,17H2,1H3,(H,27,33);2*1H/t21-,22-;;/m1../s1. The Balaban J connectivity index is 0.00000216. The molecule has 3 N–H and O–H groups in total. The van der Waals surface area contributed by atoms with Crippen LogP contribution in [0.15, 0.2) is 18.3 Å². The van der Waals surface area contributed by atoms with E-state index in [0.29, 0.717) is 39.0 Å². The number of aromatic hydroxyl groups is 1. The summed E-state index contributed by atoms with van der Waals surface area (Å²) >= 11 is 0. The number of likely N-dealkylation sites (tertiary alicyclic amines) is 1. The van der Waals surface area contributed by atoms with Crippen LogP contribution in [-0.4, -0.2) is 74.1 Å². The van der Waals surface area contributed by atoms with Gasteiger partial charge < -0.3 is 20.4 Å². The first-order chi connectivity index (χ1) is 15.9. The Morgan fingerprint density at radius 3 is 2.43 bits per heavy atom. The molecule has 2 amide bonds. The first-order valence-electron chi connectivity index (χ1n) is 12.6. The van der Waals surface area contributed by atoms with Crippen molar-refractivity contribution in [3.05, 3.63) is 24.0 Å². The number of carbonyl (C=O) groups is 2. The van der Waals surface area contributed by atoms with Crippen molar-refractivity contribution < 1.29 is 19.8 Å². The summed E-state index contributed by atoms with van der Waals surface area (Å²) in [6.07, 6.45) is 8.71. The molecular weight excluding hydrogens is 491 g/mol. The number of aromatic nitrogens is 1. The Labute approximate surface area is 220 Å². The van der Waals surface area contributed by atoms with Crippen LogP contribution in [0.2, 0.25) is 0 Å². The smallest absolute Gasteiger partial charge is 0.248 e. The van der Waals surface area contributed by atoms with E-state index in [1.54, 1.807) is 12.1 Å². The zero-order chi connectivity index (χ0) is 23.4. The molecule has 0 radical (unpaired) electrons. The molecule has 8 nitrogen and oxygen atoms in total. The molecule has 1 aromatic rings. The average molecular weight is 532 g/mol. The van der Waals surface area contributed by atoms with Gasteiger partial charge in [0, 0.05) is 26.2 Å². The molecule has 0 unspecified atom stereocenters. The Hall–Kier alpha value is -1.61. The summed E-state index contributed by atoms with van der Waals surface area (Å²) < 4.78 is 0. The fourth-order valence-electron chi connectivity index (χ4n) is 5.78. The number of halogens is 2. The highest BCUT2D eigenvalue weighted by molar-refractivity contribution is 6.00. The fourth-order valence-corrected chi connectivity index (χ4v) is 5.78. The van der Waals surface area contributed by atoms with Crippen LogP contribution in [0.4, 0.5) is 0 Å².